The Balaban J connectivity index is 1.81. The molecule has 4 nitrogen and oxygen atoms in total. The summed E-state index contributed by atoms with van der Waals surface area (Å²) in [7, 11) is 1.66. The van der Waals surface area contributed by atoms with Crippen molar-refractivity contribution in [1.29, 1.82) is 0 Å². The first kappa shape index (κ1) is 16.6. The van der Waals surface area contributed by atoms with Crippen molar-refractivity contribution in [3.63, 3.8) is 0 Å². The van der Waals surface area contributed by atoms with Gasteiger partial charge in [0.05, 0.1) is 0 Å². The number of hydrogen-bond donors (Lipinski definition) is 1. The van der Waals surface area contributed by atoms with Gasteiger partial charge in [0.2, 0.25) is 0 Å². The Labute approximate surface area is 143 Å². The van der Waals surface area contributed by atoms with Crippen LogP contribution in [0, 0.1) is 11.6 Å². The number of benzene rings is 2. The molecule has 126 valence electrons. The highest BCUT2D eigenvalue weighted by molar-refractivity contribution is 6.04. The van der Waals surface area contributed by atoms with Gasteiger partial charge in [-0.15, -0.1) is 0 Å². The van der Waals surface area contributed by atoms with Crippen molar-refractivity contribution in [2.75, 3.05) is 17.3 Å². The molecule has 0 saturated carbocycles. The summed E-state index contributed by atoms with van der Waals surface area (Å²) in [6, 6.07) is 15.9. The summed E-state index contributed by atoms with van der Waals surface area (Å²) in [6.45, 7) is 0. The molecule has 3 aromatic rings. The molecule has 6 heteroatoms. The maximum Gasteiger partial charge on any atom is 0.276 e. The highest BCUT2D eigenvalue weighted by Gasteiger charge is 2.15. The van der Waals surface area contributed by atoms with E-state index in [1.807, 2.05) is 30.3 Å². The highest BCUT2D eigenvalue weighted by atomic mass is 19.2. The molecule has 25 heavy (non-hydrogen) atoms. The second-order valence-corrected chi connectivity index (χ2v) is 5.38. The van der Waals surface area contributed by atoms with Crippen LogP contribution < -0.4 is 10.2 Å². The van der Waals surface area contributed by atoms with Crippen LogP contribution >= 0.6 is 0 Å². The Morgan fingerprint density at radius 2 is 1.68 bits per heavy atom. The lowest BCUT2D eigenvalue weighted by Crippen LogP contribution is -2.27. The van der Waals surface area contributed by atoms with Crippen molar-refractivity contribution >= 4 is 23.0 Å². The summed E-state index contributed by atoms with van der Waals surface area (Å²) >= 11 is 0. The molecular weight excluding hydrogens is 324 g/mol. The molecule has 0 aliphatic rings. The van der Waals surface area contributed by atoms with Crippen LogP contribution in [-0.2, 0) is 0 Å². The van der Waals surface area contributed by atoms with E-state index in [1.54, 1.807) is 19.2 Å². The van der Waals surface area contributed by atoms with E-state index < -0.39 is 11.6 Å². The number of carbonyl (C=O) groups is 1. The molecule has 0 spiro atoms. The van der Waals surface area contributed by atoms with Crippen molar-refractivity contribution in [1.82, 2.24) is 4.98 Å². The number of nitrogens with zero attached hydrogens (tertiary/aromatic N) is 2. The summed E-state index contributed by atoms with van der Waals surface area (Å²) in [5.74, 6) is -2.14. The van der Waals surface area contributed by atoms with Gasteiger partial charge in [-0.1, -0.05) is 18.2 Å². The number of anilines is 3. The van der Waals surface area contributed by atoms with E-state index >= 15 is 0 Å². The molecule has 0 fully saturated rings. The summed E-state index contributed by atoms with van der Waals surface area (Å²) < 4.78 is 26.3. The van der Waals surface area contributed by atoms with Crippen molar-refractivity contribution in [3.05, 3.63) is 84.2 Å². The minimum absolute atomic E-state index is 0.235. The molecule has 0 saturated heterocycles. The van der Waals surface area contributed by atoms with Gasteiger partial charge >= 0.3 is 0 Å². The minimum atomic E-state index is -0.945. The van der Waals surface area contributed by atoms with E-state index in [0.29, 0.717) is 11.4 Å². The fourth-order valence-electron chi connectivity index (χ4n) is 2.31. The lowest BCUT2D eigenvalue weighted by atomic mass is 10.2. The van der Waals surface area contributed by atoms with Crippen LogP contribution in [0.25, 0.3) is 0 Å². The van der Waals surface area contributed by atoms with Crippen molar-refractivity contribution in [2.24, 2.45) is 0 Å². The maximum atomic E-state index is 13.3. The fraction of sp³-hybridized carbons (Fsp3) is 0.0526. The molecule has 2 aromatic carbocycles. The smallest absolute Gasteiger partial charge is 0.276 e. The number of nitrogens with one attached hydrogen (secondary N) is 1. The third-order valence-corrected chi connectivity index (χ3v) is 3.64. The van der Waals surface area contributed by atoms with Gasteiger partial charge in [-0.25, -0.2) is 8.78 Å². The number of rotatable bonds is 4. The molecule has 0 bridgehead atoms. The minimum Gasteiger partial charge on any atom is -0.355 e. The van der Waals surface area contributed by atoms with Crippen LogP contribution in [0.1, 0.15) is 10.5 Å². The normalized spacial score (nSPS) is 10.4. The average Bonchev–Trinajstić information content (AvgIpc) is 2.64. The van der Waals surface area contributed by atoms with Gasteiger partial charge in [0.15, 0.2) is 11.6 Å². The Bertz CT molecular complexity index is 900. The lowest BCUT2D eigenvalue weighted by Gasteiger charge is -2.17. The zero-order valence-corrected chi connectivity index (χ0v) is 13.4. The standard InChI is InChI=1S/C19H15F2N3O/c1-24(15-5-3-2-4-6-15)19(25)18-12-14(9-10-22-18)23-13-7-8-16(20)17(21)11-13/h2-12H,1H3,(H,22,23). The van der Waals surface area contributed by atoms with E-state index in [9.17, 15) is 13.6 Å². The third kappa shape index (κ3) is 3.80. The third-order valence-electron chi connectivity index (χ3n) is 3.64. The molecule has 1 N–H and O–H groups in total. The van der Waals surface area contributed by atoms with E-state index in [2.05, 4.69) is 10.3 Å². The topological polar surface area (TPSA) is 45.2 Å². The molecule has 0 aliphatic carbocycles. The number of halogens is 2. The summed E-state index contributed by atoms with van der Waals surface area (Å²) in [4.78, 5) is 18.2. The van der Waals surface area contributed by atoms with E-state index in [4.69, 9.17) is 0 Å². The first-order chi connectivity index (χ1) is 12.0. The predicted octanol–water partition coefficient (Wildman–Crippen LogP) is 4.38. The Morgan fingerprint density at radius 3 is 2.40 bits per heavy atom. The summed E-state index contributed by atoms with van der Waals surface area (Å²) in [6.07, 6.45) is 1.48. The van der Waals surface area contributed by atoms with Crippen LogP contribution in [0.15, 0.2) is 66.9 Å². The van der Waals surface area contributed by atoms with E-state index in [0.717, 1.165) is 17.8 Å². The molecule has 0 radical (unpaired) electrons. The Kier molecular flexibility index (Phi) is 4.70. The summed E-state index contributed by atoms with van der Waals surface area (Å²) in [5, 5.41) is 2.93. The number of para-hydroxylation sites is 1. The van der Waals surface area contributed by atoms with Gasteiger partial charge < -0.3 is 10.2 Å². The predicted molar refractivity (Wildman–Crippen MR) is 93.1 cm³/mol. The van der Waals surface area contributed by atoms with Crippen LogP contribution in [0.4, 0.5) is 25.8 Å². The maximum absolute atomic E-state index is 13.3. The average molecular weight is 339 g/mol. The van der Waals surface area contributed by atoms with Crippen LogP contribution in [0.3, 0.4) is 0 Å². The number of pyridine rings is 1. The Morgan fingerprint density at radius 1 is 0.960 bits per heavy atom. The van der Waals surface area contributed by atoms with Gasteiger partial charge in [0.25, 0.3) is 5.91 Å². The van der Waals surface area contributed by atoms with E-state index in [1.165, 1.54) is 17.2 Å². The number of amides is 1. The molecule has 0 aliphatic heterocycles. The van der Waals surface area contributed by atoms with Crippen molar-refractivity contribution in [2.45, 2.75) is 0 Å². The summed E-state index contributed by atoms with van der Waals surface area (Å²) in [5.41, 5.74) is 1.90. The molecule has 0 unspecified atom stereocenters. The quantitative estimate of drug-likeness (QED) is 0.767. The van der Waals surface area contributed by atoms with Gasteiger partial charge in [0.1, 0.15) is 5.69 Å². The molecular formula is C19H15F2N3O. The fourth-order valence-corrected chi connectivity index (χ4v) is 2.31. The Hall–Kier alpha value is -3.28. The number of aromatic nitrogens is 1. The van der Waals surface area contributed by atoms with Gasteiger partial charge in [-0.3, -0.25) is 9.78 Å². The molecule has 1 aromatic heterocycles. The van der Waals surface area contributed by atoms with Crippen LogP contribution in [-0.4, -0.2) is 17.9 Å². The van der Waals surface area contributed by atoms with Gasteiger partial charge in [0, 0.05) is 36.4 Å². The number of hydrogen-bond acceptors (Lipinski definition) is 3. The van der Waals surface area contributed by atoms with Crippen LogP contribution in [0.2, 0.25) is 0 Å². The molecule has 3 rings (SSSR count). The first-order valence-electron chi connectivity index (χ1n) is 7.56. The van der Waals surface area contributed by atoms with E-state index in [-0.39, 0.29) is 11.6 Å². The second-order valence-electron chi connectivity index (χ2n) is 5.38. The number of carbonyl (C=O) groups excluding carboxylic acids is 1. The largest absolute Gasteiger partial charge is 0.355 e. The zero-order chi connectivity index (χ0) is 17.8. The lowest BCUT2D eigenvalue weighted by molar-refractivity contribution is 0.0988. The molecule has 1 heterocycles. The SMILES string of the molecule is CN(C(=O)c1cc(Nc2ccc(F)c(F)c2)ccn1)c1ccccc1. The molecule has 0 atom stereocenters. The van der Waals surface area contributed by atoms with Crippen molar-refractivity contribution in [3.8, 4) is 0 Å². The van der Waals surface area contributed by atoms with Gasteiger partial charge in [-0.2, -0.15) is 0 Å². The van der Waals surface area contributed by atoms with Crippen molar-refractivity contribution < 1.29 is 13.6 Å². The zero-order valence-electron chi connectivity index (χ0n) is 13.4. The van der Waals surface area contributed by atoms with Crippen LogP contribution in [0.5, 0.6) is 0 Å². The monoisotopic (exact) mass is 339 g/mol. The molecule has 1 amide bonds. The first-order valence-corrected chi connectivity index (χ1v) is 7.56. The second kappa shape index (κ2) is 7.09. The highest BCUT2D eigenvalue weighted by Crippen LogP contribution is 2.20. The van der Waals surface area contributed by atoms with Gasteiger partial charge in [-0.05, 0) is 36.4 Å².